The highest BCUT2D eigenvalue weighted by atomic mass is 16.5. The minimum atomic E-state index is -0.236. The van der Waals surface area contributed by atoms with Crippen molar-refractivity contribution in [3.8, 4) is 5.75 Å². The standard InChI is InChI=1S/C19H20N2O2/c1-19(2,3)21-16-12-14(23-4)10-11-15(16)17(20-21)18(22)13-8-6-5-7-9-13/h5-12H,1-4H3. The minimum Gasteiger partial charge on any atom is -0.497 e. The van der Waals surface area contributed by atoms with Crippen LogP contribution in [0.3, 0.4) is 0 Å². The summed E-state index contributed by atoms with van der Waals surface area (Å²) in [6.45, 7) is 6.20. The third-order valence-corrected chi connectivity index (χ3v) is 3.77. The van der Waals surface area contributed by atoms with Crippen LogP contribution in [0.15, 0.2) is 48.5 Å². The molecule has 0 bridgehead atoms. The first-order chi connectivity index (χ1) is 10.9. The highest BCUT2D eigenvalue weighted by Gasteiger charge is 2.24. The number of methoxy groups -OCH3 is 1. The van der Waals surface area contributed by atoms with E-state index in [1.807, 2.05) is 53.2 Å². The lowest BCUT2D eigenvalue weighted by Crippen LogP contribution is -2.23. The SMILES string of the molecule is COc1ccc2c(C(=O)c3ccccc3)nn(C(C)(C)C)c2c1. The van der Waals surface area contributed by atoms with Crippen molar-refractivity contribution in [3.05, 3.63) is 59.8 Å². The van der Waals surface area contributed by atoms with E-state index in [1.165, 1.54) is 0 Å². The van der Waals surface area contributed by atoms with Gasteiger partial charge in [-0.2, -0.15) is 5.10 Å². The molecule has 0 atom stereocenters. The number of hydrogen-bond acceptors (Lipinski definition) is 3. The van der Waals surface area contributed by atoms with Crippen molar-refractivity contribution in [1.29, 1.82) is 0 Å². The van der Waals surface area contributed by atoms with Crippen molar-refractivity contribution >= 4 is 16.7 Å². The fourth-order valence-corrected chi connectivity index (χ4v) is 2.63. The van der Waals surface area contributed by atoms with Crippen molar-refractivity contribution in [3.63, 3.8) is 0 Å². The molecule has 1 heterocycles. The van der Waals surface area contributed by atoms with Crippen LogP contribution in [0, 0.1) is 0 Å². The summed E-state index contributed by atoms with van der Waals surface area (Å²) in [6, 6.07) is 14.9. The fourth-order valence-electron chi connectivity index (χ4n) is 2.63. The average molecular weight is 308 g/mol. The maximum atomic E-state index is 12.8. The van der Waals surface area contributed by atoms with E-state index in [9.17, 15) is 4.79 Å². The Balaban J connectivity index is 2.24. The highest BCUT2D eigenvalue weighted by molar-refractivity contribution is 6.15. The number of carbonyl (C=O) groups is 1. The molecule has 0 aliphatic carbocycles. The first-order valence-electron chi connectivity index (χ1n) is 7.59. The quantitative estimate of drug-likeness (QED) is 0.686. The molecule has 0 N–H and O–H groups in total. The predicted molar refractivity (Wildman–Crippen MR) is 91.2 cm³/mol. The monoisotopic (exact) mass is 308 g/mol. The second kappa shape index (κ2) is 5.54. The molecule has 4 heteroatoms. The molecule has 0 radical (unpaired) electrons. The first-order valence-corrected chi connectivity index (χ1v) is 7.59. The number of ether oxygens (including phenoxy) is 1. The predicted octanol–water partition coefficient (Wildman–Crippen LogP) is 4.03. The van der Waals surface area contributed by atoms with Gasteiger partial charge in [-0.05, 0) is 32.9 Å². The van der Waals surface area contributed by atoms with Gasteiger partial charge in [0.05, 0.1) is 18.2 Å². The maximum absolute atomic E-state index is 12.8. The average Bonchev–Trinajstić information content (AvgIpc) is 2.93. The molecular formula is C19H20N2O2. The van der Waals surface area contributed by atoms with E-state index in [2.05, 4.69) is 25.9 Å². The summed E-state index contributed by atoms with van der Waals surface area (Å²) >= 11 is 0. The summed E-state index contributed by atoms with van der Waals surface area (Å²) in [6.07, 6.45) is 0. The van der Waals surface area contributed by atoms with E-state index in [4.69, 9.17) is 4.74 Å². The Kier molecular flexibility index (Phi) is 3.68. The van der Waals surface area contributed by atoms with E-state index in [1.54, 1.807) is 7.11 Å². The first kappa shape index (κ1) is 15.3. The molecule has 1 aromatic heterocycles. The van der Waals surface area contributed by atoms with Crippen LogP contribution < -0.4 is 4.74 Å². The van der Waals surface area contributed by atoms with Gasteiger partial charge in [-0.3, -0.25) is 9.48 Å². The summed E-state index contributed by atoms with van der Waals surface area (Å²) in [5, 5.41) is 5.47. The van der Waals surface area contributed by atoms with Gasteiger partial charge in [-0.15, -0.1) is 0 Å². The van der Waals surface area contributed by atoms with Gasteiger partial charge in [0, 0.05) is 17.0 Å². The Morgan fingerprint density at radius 2 is 1.78 bits per heavy atom. The van der Waals surface area contributed by atoms with Crippen molar-refractivity contribution in [2.45, 2.75) is 26.3 Å². The molecule has 23 heavy (non-hydrogen) atoms. The van der Waals surface area contributed by atoms with Crippen LogP contribution in [0.25, 0.3) is 10.9 Å². The molecule has 0 spiro atoms. The van der Waals surface area contributed by atoms with E-state index in [0.717, 1.165) is 16.7 Å². The third-order valence-electron chi connectivity index (χ3n) is 3.77. The second-order valence-electron chi connectivity index (χ2n) is 6.51. The largest absolute Gasteiger partial charge is 0.497 e. The summed E-state index contributed by atoms with van der Waals surface area (Å²) in [4.78, 5) is 12.8. The molecule has 3 aromatic rings. The van der Waals surface area contributed by atoms with Gasteiger partial charge < -0.3 is 4.74 Å². The third kappa shape index (κ3) is 2.72. The molecule has 0 saturated carbocycles. The Morgan fingerprint density at radius 3 is 2.39 bits per heavy atom. The van der Waals surface area contributed by atoms with Crippen LogP contribution in [-0.2, 0) is 5.54 Å². The van der Waals surface area contributed by atoms with Crippen LogP contribution in [-0.4, -0.2) is 22.7 Å². The number of benzene rings is 2. The van der Waals surface area contributed by atoms with Crippen molar-refractivity contribution < 1.29 is 9.53 Å². The van der Waals surface area contributed by atoms with Crippen LogP contribution in [0.5, 0.6) is 5.75 Å². The lowest BCUT2D eigenvalue weighted by Gasteiger charge is -2.20. The smallest absolute Gasteiger partial charge is 0.213 e. The lowest BCUT2D eigenvalue weighted by molar-refractivity contribution is 0.103. The van der Waals surface area contributed by atoms with Crippen molar-refractivity contribution in [2.75, 3.05) is 7.11 Å². The lowest BCUT2D eigenvalue weighted by atomic mass is 10.0. The summed E-state index contributed by atoms with van der Waals surface area (Å²) in [5.41, 5.74) is 1.78. The van der Waals surface area contributed by atoms with E-state index in [-0.39, 0.29) is 11.3 Å². The zero-order valence-corrected chi connectivity index (χ0v) is 13.8. The summed E-state index contributed by atoms with van der Waals surface area (Å²) < 4.78 is 7.21. The van der Waals surface area contributed by atoms with Gasteiger partial charge in [0.15, 0.2) is 0 Å². The Morgan fingerprint density at radius 1 is 1.09 bits per heavy atom. The molecule has 2 aromatic carbocycles. The van der Waals surface area contributed by atoms with Crippen LogP contribution in [0.2, 0.25) is 0 Å². The number of hydrogen-bond donors (Lipinski definition) is 0. The molecule has 0 aliphatic heterocycles. The van der Waals surface area contributed by atoms with E-state index in [0.29, 0.717) is 11.3 Å². The van der Waals surface area contributed by atoms with Gasteiger partial charge >= 0.3 is 0 Å². The molecular weight excluding hydrogens is 288 g/mol. The molecule has 0 saturated heterocycles. The summed E-state index contributed by atoms with van der Waals surface area (Å²) in [5.74, 6) is 0.686. The Labute approximate surface area is 135 Å². The Bertz CT molecular complexity index is 858. The second-order valence-corrected chi connectivity index (χ2v) is 6.51. The number of rotatable bonds is 3. The number of aromatic nitrogens is 2. The minimum absolute atomic E-state index is 0.0660. The fraction of sp³-hybridized carbons (Fsp3) is 0.263. The summed E-state index contributed by atoms with van der Waals surface area (Å²) in [7, 11) is 1.63. The zero-order valence-electron chi connectivity index (χ0n) is 13.8. The van der Waals surface area contributed by atoms with Crippen molar-refractivity contribution in [2.24, 2.45) is 0 Å². The molecule has 0 fully saturated rings. The van der Waals surface area contributed by atoms with Crippen LogP contribution in [0.4, 0.5) is 0 Å². The number of nitrogens with zero attached hydrogens (tertiary/aromatic N) is 2. The molecule has 4 nitrogen and oxygen atoms in total. The molecule has 0 unspecified atom stereocenters. The van der Waals surface area contributed by atoms with Crippen molar-refractivity contribution in [1.82, 2.24) is 9.78 Å². The molecule has 3 rings (SSSR count). The van der Waals surface area contributed by atoms with Crippen LogP contribution in [0.1, 0.15) is 36.8 Å². The topological polar surface area (TPSA) is 44.1 Å². The van der Waals surface area contributed by atoms with Gasteiger partial charge in [0.2, 0.25) is 5.78 Å². The van der Waals surface area contributed by atoms with Gasteiger partial charge in [0.1, 0.15) is 11.4 Å². The van der Waals surface area contributed by atoms with Gasteiger partial charge in [0.25, 0.3) is 0 Å². The number of fused-ring (bicyclic) bond motifs is 1. The zero-order chi connectivity index (χ0) is 16.6. The van der Waals surface area contributed by atoms with Gasteiger partial charge in [-0.1, -0.05) is 30.3 Å². The van der Waals surface area contributed by atoms with E-state index >= 15 is 0 Å². The normalized spacial score (nSPS) is 11.7. The van der Waals surface area contributed by atoms with Crippen LogP contribution >= 0.6 is 0 Å². The van der Waals surface area contributed by atoms with E-state index < -0.39 is 0 Å². The Hall–Kier alpha value is -2.62. The highest BCUT2D eigenvalue weighted by Crippen LogP contribution is 2.29. The number of carbonyl (C=O) groups excluding carboxylic acids is 1. The van der Waals surface area contributed by atoms with Gasteiger partial charge in [-0.25, -0.2) is 0 Å². The molecule has 0 amide bonds. The molecule has 118 valence electrons. The molecule has 0 aliphatic rings. The maximum Gasteiger partial charge on any atom is 0.213 e. The number of ketones is 1.